The first-order valence-corrected chi connectivity index (χ1v) is 12.2. The van der Waals surface area contributed by atoms with Crippen molar-refractivity contribution in [1.82, 2.24) is 9.71 Å². The van der Waals surface area contributed by atoms with Crippen molar-refractivity contribution in [3.8, 4) is 0 Å². The van der Waals surface area contributed by atoms with Gasteiger partial charge in [0, 0.05) is 11.3 Å². The highest BCUT2D eigenvalue weighted by molar-refractivity contribution is 7.89. The number of fused-ring (bicyclic) bond motifs is 2. The molecule has 0 bridgehead atoms. The Morgan fingerprint density at radius 1 is 1.37 bits per heavy atom. The van der Waals surface area contributed by atoms with Crippen LogP contribution < -0.4 is 4.72 Å². The van der Waals surface area contributed by atoms with Gasteiger partial charge in [-0.1, -0.05) is 35.9 Å². The first-order chi connectivity index (χ1) is 14.2. The van der Waals surface area contributed by atoms with Gasteiger partial charge < -0.3 is 10.1 Å². The molecule has 1 aliphatic rings. The lowest BCUT2D eigenvalue weighted by atomic mass is 10.0. The topological polar surface area (TPSA) is 112 Å². The summed E-state index contributed by atoms with van der Waals surface area (Å²) in [7, 11) is -3.77. The zero-order chi connectivity index (χ0) is 21.5. The van der Waals surface area contributed by atoms with E-state index in [0.29, 0.717) is 10.8 Å². The Bertz CT molecular complexity index is 1210. The number of thiophene rings is 1. The van der Waals surface area contributed by atoms with E-state index in [1.807, 2.05) is 43.3 Å². The van der Waals surface area contributed by atoms with E-state index in [4.69, 9.17) is 21.7 Å². The smallest absolute Gasteiger partial charge is 0.318 e. The summed E-state index contributed by atoms with van der Waals surface area (Å²) in [4.78, 5) is 19.9. The fourth-order valence-electron chi connectivity index (χ4n) is 3.87. The van der Waals surface area contributed by atoms with Gasteiger partial charge in [-0.25, -0.2) is 13.1 Å². The molecular formula is C20H20ClN3O4S2. The lowest BCUT2D eigenvalue weighted by Gasteiger charge is -2.18. The van der Waals surface area contributed by atoms with Gasteiger partial charge >= 0.3 is 5.97 Å². The highest BCUT2D eigenvalue weighted by Crippen LogP contribution is 2.37. The van der Waals surface area contributed by atoms with E-state index in [2.05, 4.69) is 9.71 Å². The molecule has 0 amide bonds. The van der Waals surface area contributed by atoms with Crippen LogP contribution in [0.25, 0.3) is 10.2 Å². The maximum atomic E-state index is 12.5. The average Bonchev–Trinajstić information content (AvgIpc) is 3.32. The summed E-state index contributed by atoms with van der Waals surface area (Å²) in [6.45, 7) is 1.26. The van der Waals surface area contributed by atoms with Gasteiger partial charge in [-0.2, -0.15) is 0 Å². The van der Waals surface area contributed by atoms with Crippen LogP contribution in [0.1, 0.15) is 29.7 Å². The number of hydrogen-bond acceptors (Lipinski definition) is 5. The number of halogens is 1. The van der Waals surface area contributed by atoms with E-state index in [-0.39, 0.29) is 17.7 Å². The summed E-state index contributed by atoms with van der Waals surface area (Å²) in [6, 6.07) is 11.3. The van der Waals surface area contributed by atoms with Gasteiger partial charge in [0.05, 0.1) is 27.5 Å². The molecule has 2 aromatic heterocycles. The lowest BCUT2D eigenvalue weighted by Crippen LogP contribution is -2.35. The van der Waals surface area contributed by atoms with Crippen molar-refractivity contribution in [3.63, 3.8) is 0 Å². The Kier molecular flexibility index (Phi) is 5.71. The van der Waals surface area contributed by atoms with Crippen molar-refractivity contribution in [2.75, 3.05) is 12.3 Å². The second-order valence-corrected chi connectivity index (χ2v) is 10.8. The van der Waals surface area contributed by atoms with Crippen LogP contribution in [-0.2, 0) is 21.2 Å². The average molecular weight is 466 g/mol. The number of benzene rings is 1. The van der Waals surface area contributed by atoms with Gasteiger partial charge in [-0.15, -0.1) is 11.3 Å². The molecule has 4 rings (SSSR count). The van der Waals surface area contributed by atoms with Crippen molar-refractivity contribution in [2.45, 2.75) is 25.3 Å². The minimum Gasteiger partial charge on any atom is -0.480 e. The minimum atomic E-state index is -3.77. The first-order valence-electron chi connectivity index (χ1n) is 9.31. The SMILES string of the molecule is CC(=N[C@@H]1Cc2ccccc2[C@H]1CS(=O)(=O)NCC(=O)O)c1cc2cc(Cl)sc2[nH]1. The molecule has 7 nitrogen and oxygen atoms in total. The molecule has 0 saturated carbocycles. The van der Waals surface area contributed by atoms with Crippen LogP contribution in [-0.4, -0.2) is 48.5 Å². The molecule has 2 atom stereocenters. The van der Waals surface area contributed by atoms with Crippen molar-refractivity contribution < 1.29 is 18.3 Å². The quantitative estimate of drug-likeness (QED) is 0.464. The Morgan fingerprint density at radius 3 is 2.87 bits per heavy atom. The predicted octanol–water partition coefficient (Wildman–Crippen LogP) is 3.40. The zero-order valence-corrected chi connectivity index (χ0v) is 18.4. The highest BCUT2D eigenvalue weighted by Gasteiger charge is 2.35. The van der Waals surface area contributed by atoms with E-state index < -0.39 is 22.5 Å². The molecule has 0 spiro atoms. The molecule has 2 heterocycles. The summed E-state index contributed by atoms with van der Waals surface area (Å²) in [5.41, 5.74) is 3.67. The number of rotatable bonds is 7. The number of aliphatic carboxylic acids is 1. The molecule has 30 heavy (non-hydrogen) atoms. The van der Waals surface area contributed by atoms with Crippen LogP contribution in [0.3, 0.4) is 0 Å². The highest BCUT2D eigenvalue weighted by atomic mass is 35.5. The number of aromatic amines is 1. The Hall–Kier alpha value is -2.20. The van der Waals surface area contributed by atoms with Crippen molar-refractivity contribution in [1.29, 1.82) is 0 Å². The van der Waals surface area contributed by atoms with Crippen LogP contribution in [0.4, 0.5) is 0 Å². The molecule has 3 N–H and O–H groups in total. The third-order valence-corrected chi connectivity index (χ3v) is 7.80. The van der Waals surface area contributed by atoms with Gasteiger partial charge in [-0.05, 0) is 36.6 Å². The third-order valence-electron chi connectivity index (χ3n) is 5.22. The van der Waals surface area contributed by atoms with Crippen LogP contribution in [0.5, 0.6) is 0 Å². The Labute approximate surface area is 182 Å². The predicted molar refractivity (Wildman–Crippen MR) is 119 cm³/mol. The summed E-state index contributed by atoms with van der Waals surface area (Å²) in [5, 5.41) is 9.81. The number of nitrogens with one attached hydrogen (secondary N) is 2. The van der Waals surface area contributed by atoms with Crippen LogP contribution in [0.15, 0.2) is 41.4 Å². The Balaban J connectivity index is 1.62. The summed E-state index contributed by atoms with van der Waals surface area (Å²) in [5.74, 6) is -1.79. The van der Waals surface area contributed by atoms with E-state index in [1.54, 1.807) is 0 Å². The van der Waals surface area contributed by atoms with Gasteiger partial charge in [0.25, 0.3) is 0 Å². The monoisotopic (exact) mass is 465 g/mol. The van der Waals surface area contributed by atoms with Gasteiger partial charge in [-0.3, -0.25) is 9.79 Å². The number of hydrogen-bond donors (Lipinski definition) is 3. The molecule has 10 heteroatoms. The number of carboxylic acids is 1. The maximum absolute atomic E-state index is 12.5. The number of aliphatic imine (C=N–C) groups is 1. The molecule has 0 unspecified atom stereocenters. The molecule has 1 aromatic carbocycles. The molecule has 0 aliphatic heterocycles. The van der Waals surface area contributed by atoms with Crippen molar-refractivity contribution >= 4 is 54.9 Å². The Morgan fingerprint density at radius 2 is 2.13 bits per heavy atom. The molecule has 0 radical (unpaired) electrons. The fourth-order valence-corrected chi connectivity index (χ4v) is 6.33. The molecule has 0 fully saturated rings. The number of aromatic nitrogens is 1. The van der Waals surface area contributed by atoms with Crippen LogP contribution in [0, 0.1) is 0 Å². The van der Waals surface area contributed by atoms with E-state index >= 15 is 0 Å². The molecule has 1 aliphatic carbocycles. The van der Waals surface area contributed by atoms with Gasteiger partial charge in [0.15, 0.2) is 0 Å². The van der Waals surface area contributed by atoms with E-state index in [9.17, 15) is 13.2 Å². The number of nitrogens with zero attached hydrogens (tertiary/aromatic N) is 1. The summed E-state index contributed by atoms with van der Waals surface area (Å²) >= 11 is 7.50. The molecule has 0 saturated heterocycles. The second-order valence-electron chi connectivity index (χ2n) is 7.31. The van der Waals surface area contributed by atoms with Gasteiger partial charge in [0.1, 0.15) is 11.4 Å². The summed E-state index contributed by atoms with van der Waals surface area (Å²) in [6.07, 6.45) is 0.632. The summed E-state index contributed by atoms with van der Waals surface area (Å²) < 4.78 is 27.8. The second kappa shape index (κ2) is 8.14. The first kappa shape index (κ1) is 21.0. The van der Waals surface area contributed by atoms with Gasteiger partial charge in [0.2, 0.25) is 10.0 Å². The van der Waals surface area contributed by atoms with E-state index in [0.717, 1.165) is 32.7 Å². The maximum Gasteiger partial charge on any atom is 0.318 e. The molecule has 3 aromatic rings. The third kappa shape index (κ3) is 4.44. The minimum absolute atomic E-state index is 0.214. The largest absolute Gasteiger partial charge is 0.480 e. The van der Waals surface area contributed by atoms with Crippen LogP contribution in [0.2, 0.25) is 4.34 Å². The molecular weight excluding hydrogens is 446 g/mol. The number of carbonyl (C=O) groups is 1. The normalized spacial score (nSPS) is 19.3. The van der Waals surface area contributed by atoms with Crippen molar-refractivity contribution in [3.05, 3.63) is 57.6 Å². The van der Waals surface area contributed by atoms with Crippen LogP contribution >= 0.6 is 22.9 Å². The molecule has 158 valence electrons. The lowest BCUT2D eigenvalue weighted by molar-refractivity contribution is -0.135. The standard InChI is InChI=1S/C20H20ClN3O4S2/c1-11(16-7-13-8-18(21)29-20(13)24-16)23-17-6-12-4-2-3-5-14(12)15(17)10-30(27,28)22-9-19(25)26/h2-5,7-8,15,17,22,24H,6,9-10H2,1H3,(H,25,26)/t15-,17-/m1/s1. The number of carboxylic acid groups (broad SMARTS) is 1. The number of H-pyrrole nitrogens is 1. The van der Waals surface area contributed by atoms with E-state index in [1.165, 1.54) is 11.3 Å². The fraction of sp³-hybridized carbons (Fsp3) is 0.300. The van der Waals surface area contributed by atoms with Crippen molar-refractivity contribution in [2.24, 2.45) is 4.99 Å². The number of sulfonamides is 1. The zero-order valence-electron chi connectivity index (χ0n) is 16.1.